The standard InChI is InChI=1S/C13H20N2O3S2/c1-14(2)12(16)10-11-6-7-13(19-11)20(17,18)15-8-4-3-5-9-15/h6-7H,3-5,8-10H2,1-2H3. The summed E-state index contributed by atoms with van der Waals surface area (Å²) in [5, 5.41) is 0. The molecule has 0 aliphatic carbocycles. The molecule has 1 amide bonds. The molecule has 0 bridgehead atoms. The second-order valence-electron chi connectivity index (χ2n) is 5.15. The highest BCUT2D eigenvalue weighted by Gasteiger charge is 2.27. The van der Waals surface area contributed by atoms with E-state index in [4.69, 9.17) is 0 Å². The van der Waals surface area contributed by atoms with E-state index in [1.54, 1.807) is 30.5 Å². The molecule has 0 unspecified atom stereocenters. The van der Waals surface area contributed by atoms with E-state index in [2.05, 4.69) is 0 Å². The third kappa shape index (κ3) is 3.39. The van der Waals surface area contributed by atoms with Gasteiger partial charge in [-0.2, -0.15) is 4.31 Å². The van der Waals surface area contributed by atoms with Gasteiger partial charge in [-0.25, -0.2) is 8.42 Å². The van der Waals surface area contributed by atoms with E-state index in [9.17, 15) is 13.2 Å². The Morgan fingerprint density at radius 3 is 2.50 bits per heavy atom. The van der Waals surface area contributed by atoms with Gasteiger partial charge >= 0.3 is 0 Å². The predicted molar refractivity (Wildman–Crippen MR) is 79.3 cm³/mol. The van der Waals surface area contributed by atoms with Crippen LogP contribution < -0.4 is 0 Å². The Labute approximate surface area is 124 Å². The van der Waals surface area contributed by atoms with Gasteiger partial charge in [-0.3, -0.25) is 4.79 Å². The van der Waals surface area contributed by atoms with Gasteiger partial charge in [0.25, 0.3) is 10.0 Å². The first kappa shape index (κ1) is 15.5. The summed E-state index contributed by atoms with van der Waals surface area (Å²) in [4.78, 5) is 13.9. The molecule has 7 heteroatoms. The van der Waals surface area contributed by atoms with Crippen molar-refractivity contribution in [1.82, 2.24) is 9.21 Å². The summed E-state index contributed by atoms with van der Waals surface area (Å²) in [6.07, 6.45) is 3.21. The highest BCUT2D eigenvalue weighted by atomic mass is 32.2. The number of carbonyl (C=O) groups is 1. The molecule has 0 atom stereocenters. The van der Waals surface area contributed by atoms with E-state index in [0.717, 1.165) is 24.1 Å². The third-order valence-corrected chi connectivity index (χ3v) is 6.82. The maximum absolute atomic E-state index is 12.5. The van der Waals surface area contributed by atoms with Crippen molar-refractivity contribution in [2.24, 2.45) is 0 Å². The van der Waals surface area contributed by atoms with Gasteiger partial charge in [-0.1, -0.05) is 6.42 Å². The topological polar surface area (TPSA) is 57.7 Å². The number of likely N-dealkylation sites (N-methyl/N-ethyl adjacent to an activating group) is 1. The number of rotatable bonds is 4. The lowest BCUT2D eigenvalue weighted by atomic mass is 10.2. The summed E-state index contributed by atoms with van der Waals surface area (Å²) in [7, 11) is 0.0212. The molecule has 5 nitrogen and oxygen atoms in total. The quantitative estimate of drug-likeness (QED) is 0.847. The number of hydrogen-bond acceptors (Lipinski definition) is 4. The molecule has 0 spiro atoms. The Bertz CT molecular complexity index is 572. The largest absolute Gasteiger partial charge is 0.349 e. The fourth-order valence-corrected chi connectivity index (χ4v) is 5.15. The van der Waals surface area contributed by atoms with Gasteiger partial charge in [0.1, 0.15) is 4.21 Å². The first-order valence-electron chi connectivity index (χ1n) is 6.70. The normalized spacial score (nSPS) is 17.1. The second kappa shape index (κ2) is 6.24. The molecule has 0 radical (unpaired) electrons. The molecule has 0 N–H and O–H groups in total. The SMILES string of the molecule is CN(C)C(=O)Cc1ccc(S(=O)(=O)N2CCCCC2)s1. The molecule has 0 saturated carbocycles. The van der Waals surface area contributed by atoms with Crippen LogP contribution in [0.15, 0.2) is 16.3 Å². The minimum Gasteiger partial charge on any atom is -0.349 e. The highest BCUT2D eigenvalue weighted by molar-refractivity contribution is 7.91. The van der Waals surface area contributed by atoms with Crippen molar-refractivity contribution < 1.29 is 13.2 Å². The Kier molecular flexibility index (Phi) is 4.82. The van der Waals surface area contributed by atoms with E-state index in [1.807, 2.05) is 0 Å². The van der Waals surface area contributed by atoms with Crippen LogP contribution >= 0.6 is 11.3 Å². The van der Waals surface area contributed by atoms with Crippen LogP contribution in [0.2, 0.25) is 0 Å². The van der Waals surface area contributed by atoms with Crippen molar-refractivity contribution in [2.75, 3.05) is 27.2 Å². The summed E-state index contributed by atoms with van der Waals surface area (Å²) in [6.45, 7) is 1.21. The summed E-state index contributed by atoms with van der Waals surface area (Å²) >= 11 is 1.20. The van der Waals surface area contributed by atoms with Gasteiger partial charge in [0.2, 0.25) is 5.91 Å². The lowest BCUT2D eigenvalue weighted by molar-refractivity contribution is -0.127. The van der Waals surface area contributed by atoms with Gasteiger partial charge < -0.3 is 4.90 Å². The summed E-state index contributed by atoms with van der Waals surface area (Å²) in [5.41, 5.74) is 0. The maximum Gasteiger partial charge on any atom is 0.252 e. The van der Waals surface area contributed by atoms with Crippen LogP contribution in [0, 0.1) is 0 Å². The van der Waals surface area contributed by atoms with Crippen LogP contribution in [0.4, 0.5) is 0 Å². The average Bonchev–Trinajstić information content (AvgIpc) is 2.89. The lowest BCUT2D eigenvalue weighted by Crippen LogP contribution is -2.35. The molecule has 2 heterocycles. The fraction of sp³-hybridized carbons (Fsp3) is 0.615. The van der Waals surface area contributed by atoms with E-state index in [0.29, 0.717) is 17.3 Å². The molecular weight excluding hydrogens is 296 g/mol. The number of piperidine rings is 1. The summed E-state index contributed by atoms with van der Waals surface area (Å²) < 4.78 is 26.8. The van der Waals surface area contributed by atoms with Crippen molar-refractivity contribution in [3.8, 4) is 0 Å². The van der Waals surface area contributed by atoms with E-state index in [1.165, 1.54) is 16.2 Å². The average molecular weight is 316 g/mol. The molecule has 1 aliphatic rings. The minimum absolute atomic E-state index is 0.0197. The van der Waals surface area contributed by atoms with Crippen molar-refractivity contribution in [2.45, 2.75) is 29.9 Å². The van der Waals surface area contributed by atoms with Gasteiger partial charge in [0.15, 0.2) is 0 Å². The fourth-order valence-electron chi connectivity index (χ4n) is 2.13. The smallest absolute Gasteiger partial charge is 0.252 e. The number of nitrogens with zero attached hydrogens (tertiary/aromatic N) is 2. The molecule has 1 fully saturated rings. The van der Waals surface area contributed by atoms with Gasteiger partial charge in [0, 0.05) is 32.1 Å². The molecule has 20 heavy (non-hydrogen) atoms. The number of hydrogen-bond donors (Lipinski definition) is 0. The third-order valence-electron chi connectivity index (χ3n) is 3.37. The Hall–Kier alpha value is -0.920. The molecule has 2 rings (SSSR count). The molecular formula is C13H20N2O3S2. The van der Waals surface area contributed by atoms with Crippen molar-refractivity contribution in [3.05, 3.63) is 17.0 Å². The van der Waals surface area contributed by atoms with Gasteiger partial charge in [0.05, 0.1) is 6.42 Å². The lowest BCUT2D eigenvalue weighted by Gasteiger charge is -2.25. The minimum atomic E-state index is -3.37. The van der Waals surface area contributed by atoms with Crippen molar-refractivity contribution in [1.29, 1.82) is 0 Å². The van der Waals surface area contributed by atoms with E-state index in [-0.39, 0.29) is 12.3 Å². The van der Waals surface area contributed by atoms with Crippen LogP contribution in [0.5, 0.6) is 0 Å². The van der Waals surface area contributed by atoms with Crippen LogP contribution in [0.3, 0.4) is 0 Å². The van der Waals surface area contributed by atoms with Crippen molar-refractivity contribution >= 4 is 27.3 Å². The zero-order valence-corrected chi connectivity index (χ0v) is 13.5. The van der Waals surface area contributed by atoms with Crippen LogP contribution in [-0.2, 0) is 21.2 Å². The monoisotopic (exact) mass is 316 g/mol. The zero-order valence-electron chi connectivity index (χ0n) is 11.8. The number of amides is 1. The highest BCUT2D eigenvalue weighted by Crippen LogP contribution is 2.27. The van der Waals surface area contributed by atoms with Crippen molar-refractivity contribution in [3.63, 3.8) is 0 Å². The number of sulfonamides is 1. The molecule has 0 aromatic carbocycles. The van der Waals surface area contributed by atoms with Crippen LogP contribution in [0.1, 0.15) is 24.1 Å². The molecule has 1 aliphatic heterocycles. The molecule has 1 saturated heterocycles. The first-order chi connectivity index (χ1) is 9.41. The Morgan fingerprint density at radius 1 is 1.25 bits per heavy atom. The van der Waals surface area contributed by atoms with Gasteiger partial charge in [-0.15, -0.1) is 11.3 Å². The molecule has 1 aromatic rings. The van der Waals surface area contributed by atoms with E-state index < -0.39 is 10.0 Å². The first-order valence-corrected chi connectivity index (χ1v) is 8.96. The van der Waals surface area contributed by atoms with Gasteiger partial charge in [-0.05, 0) is 25.0 Å². The second-order valence-corrected chi connectivity index (χ2v) is 8.48. The zero-order chi connectivity index (χ0) is 14.8. The Balaban J connectivity index is 2.13. The van der Waals surface area contributed by atoms with Crippen LogP contribution in [0.25, 0.3) is 0 Å². The molecule has 112 valence electrons. The number of thiophene rings is 1. The summed E-state index contributed by atoms with van der Waals surface area (Å²) in [5.74, 6) is -0.0197. The number of carbonyl (C=O) groups excluding carboxylic acids is 1. The summed E-state index contributed by atoms with van der Waals surface area (Å²) in [6, 6.07) is 3.36. The predicted octanol–water partition coefficient (Wildman–Crippen LogP) is 1.55. The Morgan fingerprint density at radius 2 is 1.90 bits per heavy atom. The van der Waals surface area contributed by atoms with Crippen LogP contribution in [-0.4, -0.2) is 50.7 Å². The molecule has 1 aromatic heterocycles. The van der Waals surface area contributed by atoms with E-state index >= 15 is 0 Å². The maximum atomic E-state index is 12.5.